The van der Waals surface area contributed by atoms with Gasteiger partial charge in [0.1, 0.15) is 11.7 Å². The van der Waals surface area contributed by atoms with Crippen LogP contribution in [-0.2, 0) is 4.79 Å². The van der Waals surface area contributed by atoms with Crippen LogP contribution in [0.4, 0.5) is 23.2 Å². The van der Waals surface area contributed by atoms with Gasteiger partial charge in [0.25, 0.3) is 11.8 Å². The van der Waals surface area contributed by atoms with E-state index in [1.54, 1.807) is 44.2 Å². The average molecular weight is 397 g/mol. The molecule has 0 aliphatic carbocycles. The first-order valence-electron chi connectivity index (χ1n) is 8.51. The molecule has 0 aromatic heterocycles. The number of anilines is 1. The zero-order chi connectivity index (χ0) is 20.8. The molecule has 2 atom stereocenters. The number of hydrogen-bond acceptors (Lipinski definition) is 3. The third-order valence-electron chi connectivity index (χ3n) is 4.24. The summed E-state index contributed by atoms with van der Waals surface area (Å²) >= 11 is 0. The molecule has 5 nitrogen and oxygen atoms in total. The number of carbonyl (C=O) groups is 2. The molecule has 2 rings (SSSR count). The molecule has 2 aromatic rings. The molecule has 0 saturated heterocycles. The van der Waals surface area contributed by atoms with E-state index >= 15 is 0 Å². The van der Waals surface area contributed by atoms with E-state index < -0.39 is 46.8 Å². The standard InChI is InChI=1S/C19H19F4N3O2/c1-3-10(2)16(24-18(27)11-7-5-4-6-8-11)19(28)26-25-17-14(22)12(20)9-13(21)15(17)23/h4-10,16,25H,3H2,1-2H3,(H,24,27)(H,26,28)/t10-,16+/m0/s1. The second-order valence-corrected chi connectivity index (χ2v) is 6.16. The summed E-state index contributed by atoms with van der Waals surface area (Å²) in [6.07, 6.45) is 0.504. The fraction of sp³-hybridized carbons (Fsp3) is 0.263. The number of hydrogen-bond donors (Lipinski definition) is 3. The second kappa shape index (κ2) is 9.20. The van der Waals surface area contributed by atoms with Crippen LogP contribution in [0.1, 0.15) is 30.6 Å². The highest BCUT2D eigenvalue weighted by Crippen LogP contribution is 2.23. The Morgan fingerprint density at radius 1 is 1.00 bits per heavy atom. The summed E-state index contributed by atoms with van der Waals surface area (Å²) in [6, 6.07) is 7.13. The van der Waals surface area contributed by atoms with Crippen LogP contribution in [0.3, 0.4) is 0 Å². The van der Waals surface area contributed by atoms with Gasteiger partial charge in [-0.15, -0.1) is 0 Å². The maximum atomic E-state index is 13.7. The number of halogens is 4. The molecule has 0 bridgehead atoms. The van der Waals surface area contributed by atoms with Crippen molar-refractivity contribution in [1.82, 2.24) is 10.7 Å². The molecular formula is C19H19F4N3O2. The van der Waals surface area contributed by atoms with Crippen molar-refractivity contribution < 1.29 is 27.2 Å². The molecule has 0 fully saturated rings. The summed E-state index contributed by atoms with van der Waals surface area (Å²) < 4.78 is 53.9. The minimum absolute atomic E-state index is 0.0553. The first-order valence-corrected chi connectivity index (χ1v) is 8.51. The zero-order valence-corrected chi connectivity index (χ0v) is 15.2. The quantitative estimate of drug-likeness (QED) is 0.380. The molecule has 0 heterocycles. The Hall–Kier alpha value is -3.10. The molecule has 0 radical (unpaired) electrons. The van der Waals surface area contributed by atoms with Gasteiger partial charge in [0.2, 0.25) is 0 Å². The van der Waals surface area contributed by atoms with Crippen molar-refractivity contribution in [3.05, 3.63) is 65.2 Å². The third kappa shape index (κ3) is 4.79. The highest BCUT2D eigenvalue weighted by molar-refractivity contribution is 5.97. The highest BCUT2D eigenvalue weighted by atomic mass is 19.2. The lowest BCUT2D eigenvalue weighted by Crippen LogP contribution is -2.51. The van der Waals surface area contributed by atoms with Gasteiger partial charge >= 0.3 is 0 Å². The van der Waals surface area contributed by atoms with E-state index in [1.165, 1.54) is 0 Å². The molecular weight excluding hydrogens is 378 g/mol. The predicted molar refractivity (Wildman–Crippen MR) is 95.2 cm³/mol. The molecule has 150 valence electrons. The van der Waals surface area contributed by atoms with E-state index in [2.05, 4.69) is 5.32 Å². The Morgan fingerprint density at radius 3 is 2.11 bits per heavy atom. The molecule has 2 aromatic carbocycles. The van der Waals surface area contributed by atoms with Crippen molar-refractivity contribution in [2.75, 3.05) is 5.43 Å². The molecule has 0 aliphatic rings. The SMILES string of the molecule is CC[C@H](C)[C@@H](NC(=O)c1ccccc1)C(=O)NNc1c(F)c(F)cc(F)c1F. The lowest BCUT2D eigenvalue weighted by atomic mass is 9.98. The number of rotatable bonds is 7. The molecule has 2 amide bonds. The van der Waals surface area contributed by atoms with Gasteiger partial charge in [-0.2, -0.15) is 0 Å². The van der Waals surface area contributed by atoms with Crippen molar-refractivity contribution in [1.29, 1.82) is 0 Å². The molecule has 28 heavy (non-hydrogen) atoms. The van der Waals surface area contributed by atoms with Crippen molar-refractivity contribution in [3.8, 4) is 0 Å². The number of carbonyl (C=O) groups excluding carboxylic acids is 2. The monoisotopic (exact) mass is 397 g/mol. The summed E-state index contributed by atoms with van der Waals surface area (Å²) in [5.74, 6) is -8.30. The summed E-state index contributed by atoms with van der Waals surface area (Å²) in [4.78, 5) is 24.8. The van der Waals surface area contributed by atoms with Crippen molar-refractivity contribution >= 4 is 17.5 Å². The zero-order valence-electron chi connectivity index (χ0n) is 15.2. The largest absolute Gasteiger partial charge is 0.340 e. The Morgan fingerprint density at radius 2 is 1.57 bits per heavy atom. The predicted octanol–water partition coefficient (Wildman–Crippen LogP) is 3.53. The van der Waals surface area contributed by atoms with E-state index in [0.29, 0.717) is 12.0 Å². The first kappa shape index (κ1) is 21.2. The smallest absolute Gasteiger partial charge is 0.261 e. The van der Waals surface area contributed by atoms with Gasteiger partial charge < -0.3 is 5.32 Å². The van der Waals surface area contributed by atoms with E-state index in [1.807, 2.05) is 10.9 Å². The Bertz CT molecular complexity index is 836. The van der Waals surface area contributed by atoms with Gasteiger partial charge in [-0.05, 0) is 18.1 Å². The minimum Gasteiger partial charge on any atom is -0.340 e. The van der Waals surface area contributed by atoms with Crippen LogP contribution >= 0.6 is 0 Å². The van der Waals surface area contributed by atoms with E-state index in [0.717, 1.165) is 0 Å². The van der Waals surface area contributed by atoms with E-state index in [-0.39, 0.29) is 12.0 Å². The van der Waals surface area contributed by atoms with Gasteiger partial charge in [-0.25, -0.2) is 17.6 Å². The summed E-state index contributed by atoms with van der Waals surface area (Å²) in [5, 5.41) is 2.55. The Balaban J connectivity index is 2.15. The summed E-state index contributed by atoms with van der Waals surface area (Å²) in [5.41, 5.74) is 2.99. The lowest BCUT2D eigenvalue weighted by Gasteiger charge is -2.24. The fourth-order valence-corrected chi connectivity index (χ4v) is 2.40. The van der Waals surface area contributed by atoms with Crippen LogP contribution in [0.5, 0.6) is 0 Å². The Kier molecular flexibility index (Phi) is 6.97. The van der Waals surface area contributed by atoms with Gasteiger partial charge in [-0.1, -0.05) is 38.5 Å². The Labute approximate surface area is 159 Å². The van der Waals surface area contributed by atoms with E-state index in [4.69, 9.17) is 0 Å². The highest BCUT2D eigenvalue weighted by Gasteiger charge is 2.27. The summed E-state index contributed by atoms with van der Waals surface area (Å²) in [7, 11) is 0. The average Bonchev–Trinajstić information content (AvgIpc) is 2.70. The van der Waals surface area contributed by atoms with Crippen LogP contribution in [0, 0.1) is 29.2 Å². The van der Waals surface area contributed by atoms with E-state index in [9.17, 15) is 27.2 Å². The molecule has 9 heteroatoms. The number of nitrogens with one attached hydrogen (secondary N) is 3. The van der Waals surface area contributed by atoms with Crippen LogP contribution in [-0.4, -0.2) is 17.9 Å². The van der Waals surface area contributed by atoms with Crippen LogP contribution in [0.2, 0.25) is 0 Å². The number of amides is 2. The molecule has 0 saturated carbocycles. The van der Waals surface area contributed by atoms with Crippen molar-refractivity contribution in [2.24, 2.45) is 5.92 Å². The number of hydrazine groups is 1. The van der Waals surface area contributed by atoms with Crippen molar-refractivity contribution in [2.45, 2.75) is 26.3 Å². The van der Waals surface area contributed by atoms with Gasteiger partial charge in [-0.3, -0.25) is 20.4 Å². The second-order valence-electron chi connectivity index (χ2n) is 6.16. The minimum atomic E-state index is -1.69. The number of benzene rings is 2. The van der Waals surface area contributed by atoms with Crippen LogP contribution in [0.25, 0.3) is 0 Å². The maximum Gasteiger partial charge on any atom is 0.261 e. The van der Waals surface area contributed by atoms with Gasteiger partial charge in [0.05, 0.1) is 0 Å². The van der Waals surface area contributed by atoms with Gasteiger partial charge in [0.15, 0.2) is 23.3 Å². The van der Waals surface area contributed by atoms with Gasteiger partial charge in [0, 0.05) is 11.6 Å². The van der Waals surface area contributed by atoms with Crippen LogP contribution in [0.15, 0.2) is 36.4 Å². The lowest BCUT2D eigenvalue weighted by molar-refractivity contribution is -0.123. The molecule has 0 spiro atoms. The fourth-order valence-electron chi connectivity index (χ4n) is 2.40. The van der Waals surface area contributed by atoms with Crippen molar-refractivity contribution in [3.63, 3.8) is 0 Å². The molecule has 0 unspecified atom stereocenters. The first-order chi connectivity index (χ1) is 13.3. The normalized spacial score (nSPS) is 12.8. The topological polar surface area (TPSA) is 70.2 Å². The van der Waals surface area contributed by atoms with Crippen LogP contribution < -0.4 is 16.2 Å². The summed E-state index contributed by atoms with van der Waals surface area (Å²) in [6.45, 7) is 3.48. The maximum absolute atomic E-state index is 13.7. The molecule has 0 aliphatic heterocycles. The molecule has 3 N–H and O–H groups in total. The third-order valence-corrected chi connectivity index (χ3v) is 4.24.